The van der Waals surface area contributed by atoms with Crippen LogP contribution in [0, 0.1) is 13.8 Å². The van der Waals surface area contributed by atoms with E-state index in [1.807, 2.05) is 51.1 Å². The summed E-state index contributed by atoms with van der Waals surface area (Å²) in [6.07, 6.45) is 2.10. The second kappa shape index (κ2) is 8.03. The van der Waals surface area contributed by atoms with E-state index in [4.69, 9.17) is 4.98 Å². The maximum absolute atomic E-state index is 13.3. The van der Waals surface area contributed by atoms with Crippen molar-refractivity contribution in [1.82, 2.24) is 9.97 Å². The molecule has 0 N–H and O–H groups in total. The summed E-state index contributed by atoms with van der Waals surface area (Å²) in [5.41, 5.74) is 5.66. The van der Waals surface area contributed by atoms with Crippen molar-refractivity contribution in [2.45, 2.75) is 33.6 Å². The second-order valence-corrected chi connectivity index (χ2v) is 7.47. The van der Waals surface area contributed by atoms with Gasteiger partial charge in [0, 0.05) is 30.2 Å². The van der Waals surface area contributed by atoms with Gasteiger partial charge in [-0.2, -0.15) is 0 Å². The van der Waals surface area contributed by atoms with Crippen molar-refractivity contribution in [2.75, 3.05) is 22.9 Å². The molecule has 3 aromatic rings. The number of benzene rings is 2. The molecule has 0 saturated heterocycles. The van der Waals surface area contributed by atoms with Gasteiger partial charge < -0.3 is 9.80 Å². The van der Waals surface area contributed by atoms with Crippen LogP contribution in [0.25, 0.3) is 0 Å². The van der Waals surface area contributed by atoms with Crippen LogP contribution in [-0.2, 0) is 6.42 Å². The quantitative estimate of drug-likeness (QED) is 0.643. The zero-order valence-electron chi connectivity index (χ0n) is 17.2. The van der Waals surface area contributed by atoms with E-state index in [1.165, 1.54) is 5.56 Å². The molecule has 0 spiro atoms. The lowest BCUT2D eigenvalue weighted by Gasteiger charge is -2.30. The molecule has 2 heterocycles. The zero-order chi connectivity index (χ0) is 20.4. The number of carbonyl (C=O) groups excluding carboxylic acids is 1. The average Bonchev–Trinajstić information content (AvgIpc) is 2.73. The van der Waals surface area contributed by atoms with Crippen LogP contribution in [0.4, 0.5) is 17.3 Å². The first-order valence-electron chi connectivity index (χ1n) is 10.2. The largest absolute Gasteiger partial charge is 0.310 e. The summed E-state index contributed by atoms with van der Waals surface area (Å²) in [6, 6.07) is 18.1. The van der Waals surface area contributed by atoms with Gasteiger partial charge in [-0.25, -0.2) is 9.97 Å². The summed E-state index contributed by atoms with van der Waals surface area (Å²) in [5.74, 6) is 0.496. The molecule has 29 heavy (non-hydrogen) atoms. The maximum atomic E-state index is 13.3. The van der Waals surface area contributed by atoms with E-state index >= 15 is 0 Å². The van der Waals surface area contributed by atoms with Crippen LogP contribution >= 0.6 is 0 Å². The van der Waals surface area contributed by atoms with Crippen molar-refractivity contribution in [3.05, 3.63) is 77.1 Å². The van der Waals surface area contributed by atoms with Crippen LogP contribution in [0.1, 0.15) is 40.7 Å². The van der Waals surface area contributed by atoms with E-state index in [0.717, 1.165) is 42.0 Å². The molecule has 0 radical (unpaired) electrons. The number of para-hydroxylation sites is 1. The highest BCUT2D eigenvalue weighted by Gasteiger charge is 2.23. The first kappa shape index (κ1) is 19.1. The minimum absolute atomic E-state index is 0.102. The minimum atomic E-state index is -0.102. The van der Waals surface area contributed by atoms with Gasteiger partial charge in [-0.1, -0.05) is 30.3 Å². The van der Waals surface area contributed by atoms with Crippen LogP contribution in [-0.4, -0.2) is 29.0 Å². The fourth-order valence-corrected chi connectivity index (χ4v) is 3.90. The minimum Gasteiger partial charge on any atom is -0.310 e. The molecule has 0 bridgehead atoms. The first-order valence-corrected chi connectivity index (χ1v) is 10.2. The van der Waals surface area contributed by atoms with E-state index in [-0.39, 0.29) is 5.91 Å². The third kappa shape index (κ3) is 3.86. The molecule has 1 aromatic heterocycles. The van der Waals surface area contributed by atoms with Crippen molar-refractivity contribution >= 4 is 23.2 Å². The molecule has 5 nitrogen and oxygen atoms in total. The van der Waals surface area contributed by atoms with Gasteiger partial charge in [0.2, 0.25) is 5.95 Å². The molecular formula is C24H26N4O. The van der Waals surface area contributed by atoms with Crippen molar-refractivity contribution < 1.29 is 4.79 Å². The Kier molecular flexibility index (Phi) is 5.30. The zero-order valence-corrected chi connectivity index (χ0v) is 17.2. The molecule has 4 rings (SSSR count). The summed E-state index contributed by atoms with van der Waals surface area (Å²) in [6.45, 7) is 7.36. The lowest BCUT2D eigenvalue weighted by Crippen LogP contribution is -2.32. The third-order valence-electron chi connectivity index (χ3n) is 5.29. The Morgan fingerprint density at radius 1 is 1.07 bits per heavy atom. The molecule has 1 aliphatic heterocycles. The lowest BCUT2D eigenvalue weighted by molar-refractivity contribution is 0.0983. The highest BCUT2D eigenvalue weighted by atomic mass is 16.2. The number of amides is 1. The standard InChI is InChI=1S/C24H26N4O/c1-4-27(20-12-7-9-17(2)15-20)23(29)21-16-18(3)25-24(26-21)28-14-8-11-19-10-5-6-13-22(19)28/h5-7,9-10,12-13,15-16H,4,8,11,14H2,1-3H3. The van der Waals surface area contributed by atoms with Crippen LogP contribution < -0.4 is 9.80 Å². The number of hydrogen-bond donors (Lipinski definition) is 0. The van der Waals surface area contributed by atoms with Crippen LogP contribution in [0.2, 0.25) is 0 Å². The van der Waals surface area contributed by atoms with E-state index in [2.05, 4.69) is 28.1 Å². The van der Waals surface area contributed by atoms with Crippen LogP contribution in [0.5, 0.6) is 0 Å². The lowest BCUT2D eigenvalue weighted by atomic mass is 10.0. The SMILES string of the molecule is CCN(C(=O)c1cc(C)nc(N2CCCc3ccccc32)n1)c1cccc(C)c1. The number of anilines is 3. The molecule has 1 aliphatic rings. The summed E-state index contributed by atoms with van der Waals surface area (Å²) in [4.78, 5) is 26.6. The predicted octanol–water partition coefficient (Wildman–Crippen LogP) is 4.84. The Bertz CT molecular complexity index is 1050. The van der Waals surface area contributed by atoms with Gasteiger partial charge in [0.1, 0.15) is 5.69 Å². The molecule has 0 fully saturated rings. The van der Waals surface area contributed by atoms with Gasteiger partial charge in [0.05, 0.1) is 0 Å². The van der Waals surface area contributed by atoms with Gasteiger partial charge in [0.25, 0.3) is 5.91 Å². The molecule has 2 aromatic carbocycles. The Labute approximate surface area is 172 Å². The molecule has 5 heteroatoms. The first-order chi connectivity index (χ1) is 14.1. The molecule has 1 amide bonds. The van der Waals surface area contributed by atoms with Crippen molar-refractivity contribution in [3.8, 4) is 0 Å². The Balaban J connectivity index is 1.71. The van der Waals surface area contributed by atoms with Crippen LogP contribution in [0.15, 0.2) is 54.6 Å². The van der Waals surface area contributed by atoms with Gasteiger partial charge in [-0.3, -0.25) is 4.79 Å². The van der Waals surface area contributed by atoms with Crippen LogP contribution in [0.3, 0.4) is 0 Å². The molecular weight excluding hydrogens is 360 g/mol. The van der Waals surface area contributed by atoms with E-state index in [1.54, 1.807) is 11.0 Å². The maximum Gasteiger partial charge on any atom is 0.277 e. The fraction of sp³-hybridized carbons (Fsp3) is 0.292. The van der Waals surface area contributed by atoms with Gasteiger partial charge >= 0.3 is 0 Å². The number of nitrogens with zero attached hydrogens (tertiary/aromatic N) is 4. The number of aryl methyl sites for hydroxylation is 3. The third-order valence-corrected chi connectivity index (χ3v) is 5.29. The summed E-state index contributed by atoms with van der Waals surface area (Å²) >= 11 is 0. The average molecular weight is 386 g/mol. The second-order valence-electron chi connectivity index (χ2n) is 7.47. The highest BCUT2D eigenvalue weighted by molar-refractivity contribution is 6.05. The topological polar surface area (TPSA) is 49.3 Å². The number of hydrogen-bond acceptors (Lipinski definition) is 4. The molecule has 0 saturated carbocycles. The Hall–Kier alpha value is -3.21. The Morgan fingerprint density at radius 2 is 1.90 bits per heavy atom. The molecule has 0 unspecified atom stereocenters. The number of carbonyl (C=O) groups is 1. The Morgan fingerprint density at radius 3 is 2.69 bits per heavy atom. The van der Waals surface area contributed by atoms with Gasteiger partial charge in [-0.15, -0.1) is 0 Å². The summed E-state index contributed by atoms with van der Waals surface area (Å²) < 4.78 is 0. The summed E-state index contributed by atoms with van der Waals surface area (Å²) in [7, 11) is 0. The normalized spacial score (nSPS) is 13.1. The number of rotatable bonds is 4. The number of aromatic nitrogens is 2. The molecule has 0 aliphatic carbocycles. The summed E-state index contributed by atoms with van der Waals surface area (Å²) in [5, 5.41) is 0. The van der Waals surface area contributed by atoms with Gasteiger partial charge in [0.15, 0.2) is 0 Å². The van der Waals surface area contributed by atoms with Crippen molar-refractivity contribution in [3.63, 3.8) is 0 Å². The van der Waals surface area contributed by atoms with Crippen molar-refractivity contribution in [1.29, 1.82) is 0 Å². The predicted molar refractivity (Wildman–Crippen MR) is 117 cm³/mol. The number of fused-ring (bicyclic) bond motifs is 1. The highest BCUT2D eigenvalue weighted by Crippen LogP contribution is 2.31. The molecule has 0 atom stereocenters. The molecule has 148 valence electrons. The van der Waals surface area contributed by atoms with Gasteiger partial charge in [-0.05, 0) is 69.0 Å². The smallest absolute Gasteiger partial charge is 0.277 e. The van der Waals surface area contributed by atoms with E-state index < -0.39 is 0 Å². The van der Waals surface area contributed by atoms with E-state index in [9.17, 15) is 4.79 Å². The van der Waals surface area contributed by atoms with E-state index in [0.29, 0.717) is 18.2 Å². The monoisotopic (exact) mass is 386 g/mol. The van der Waals surface area contributed by atoms with Crippen molar-refractivity contribution in [2.24, 2.45) is 0 Å². The fourth-order valence-electron chi connectivity index (χ4n) is 3.90.